The third kappa shape index (κ3) is 4.44. The van der Waals surface area contributed by atoms with Crippen molar-refractivity contribution in [2.75, 3.05) is 0 Å². The lowest BCUT2D eigenvalue weighted by Crippen LogP contribution is -2.34. The fourth-order valence-corrected chi connectivity index (χ4v) is 7.30. The zero-order chi connectivity index (χ0) is 31.9. The van der Waals surface area contributed by atoms with Gasteiger partial charge in [-0.25, -0.2) is 9.97 Å². The standard InChI is InChI=1S/C45H30N2O/c1-4-16-31(17-5-1)32-18-14-19-33(30-32)42-36-24-10-12-28-40(36)46-44(47-42)37-25-15-27-39-43(37)48-41-29-13-11-26-38(41)45(39,34-20-6-2-7-21-34)35-22-8-3-9-23-35/h1-30H. The molecular weight excluding hydrogens is 585 g/mol. The van der Waals surface area contributed by atoms with Gasteiger partial charge in [0.15, 0.2) is 5.82 Å². The van der Waals surface area contributed by atoms with E-state index in [2.05, 4.69) is 164 Å². The van der Waals surface area contributed by atoms with E-state index >= 15 is 0 Å². The van der Waals surface area contributed by atoms with Gasteiger partial charge in [-0.1, -0.05) is 158 Å². The van der Waals surface area contributed by atoms with Crippen molar-refractivity contribution >= 4 is 10.9 Å². The molecule has 1 aliphatic heterocycles. The molecule has 226 valence electrons. The summed E-state index contributed by atoms with van der Waals surface area (Å²) in [5.41, 5.74) is 9.85. The van der Waals surface area contributed by atoms with Crippen LogP contribution in [0.4, 0.5) is 0 Å². The van der Waals surface area contributed by atoms with Gasteiger partial charge in [0.2, 0.25) is 0 Å². The van der Waals surface area contributed by atoms with Crippen LogP contribution in [-0.2, 0) is 5.41 Å². The van der Waals surface area contributed by atoms with Crippen LogP contribution in [0.25, 0.3) is 44.7 Å². The molecule has 0 unspecified atom stereocenters. The van der Waals surface area contributed by atoms with Crippen LogP contribution in [0.15, 0.2) is 182 Å². The number of benzene rings is 7. The highest BCUT2D eigenvalue weighted by molar-refractivity contribution is 5.95. The predicted molar refractivity (Wildman–Crippen MR) is 194 cm³/mol. The number of nitrogens with zero attached hydrogens (tertiary/aromatic N) is 2. The molecule has 0 radical (unpaired) electrons. The van der Waals surface area contributed by atoms with E-state index in [1.54, 1.807) is 0 Å². The van der Waals surface area contributed by atoms with Gasteiger partial charge in [-0.2, -0.15) is 0 Å². The molecule has 8 aromatic rings. The number of hydrogen-bond acceptors (Lipinski definition) is 3. The molecule has 1 aliphatic rings. The lowest BCUT2D eigenvalue weighted by Gasteiger charge is -2.42. The molecule has 0 aliphatic carbocycles. The van der Waals surface area contributed by atoms with Crippen molar-refractivity contribution in [3.63, 3.8) is 0 Å². The first-order valence-corrected chi connectivity index (χ1v) is 16.3. The number of aromatic nitrogens is 2. The summed E-state index contributed by atoms with van der Waals surface area (Å²) in [6.07, 6.45) is 0. The minimum Gasteiger partial charge on any atom is -0.456 e. The second-order valence-corrected chi connectivity index (χ2v) is 12.1. The quantitative estimate of drug-likeness (QED) is 0.193. The number of fused-ring (bicyclic) bond motifs is 3. The summed E-state index contributed by atoms with van der Waals surface area (Å²) in [6, 6.07) is 63.6. The third-order valence-electron chi connectivity index (χ3n) is 9.42. The van der Waals surface area contributed by atoms with Crippen molar-refractivity contribution in [2.45, 2.75) is 5.41 Å². The monoisotopic (exact) mass is 614 g/mol. The minimum atomic E-state index is -0.619. The van der Waals surface area contributed by atoms with Crippen molar-refractivity contribution < 1.29 is 4.74 Å². The maximum Gasteiger partial charge on any atom is 0.164 e. The molecule has 3 nitrogen and oxygen atoms in total. The van der Waals surface area contributed by atoms with Gasteiger partial charge in [-0.15, -0.1) is 0 Å². The average molecular weight is 615 g/mol. The van der Waals surface area contributed by atoms with E-state index in [0.29, 0.717) is 5.82 Å². The molecule has 48 heavy (non-hydrogen) atoms. The van der Waals surface area contributed by atoms with E-state index < -0.39 is 5.41 Å². The summed E-state index contributed by atoms with van der Waals surface area (Å²) in [6.45, 7) is 0. The van der Waals surface area contributed by atoms with Crippen LogP contribution in [0.5, 0.6) is 11.5 Å². The van der Waals surface area contributed by atoms with E-state index in [1.165, 1.54) is 16.7 Å². The Bertz CT molecular complexity index is 2380. The second kappa shape index (κ2) is 11.5. The zero-order valence-electron chi connectivity index (χ0n) is 26.1. The molecule has 1 aromatic heterocycles. The topological polar surface area (TPSA) is 35.0 Å². The third-order valence-corrected chi connectivity index (χ3v) is 9.42. The number of para-hydroxylation sites is 3. The van der Waals surface area contributed by atoms with Crippen molar-refractivity contribution in [3.8, 4) is 45.3 Å². The van der Waals surface area contributed by atoms with E-state index in [9.17, 15) is 0 Å². The Hall–Kier alpha value is -6.32. The van der Waals surface area contributed by atoms with Gasteiger partial charge in [0.25, 0.3) is 0 Å². The highest BCUT2D eigenvalue weighted by Crippen LogP contribution is 2.57. The first-order chi connectivity index (χ1) is 23.8. The van der Waals surface area contributed by atoms with Gasteiger partial charge in [0, 0.05) is 22.1 Å². The highest BCUT2D eigenvalue weighted by Gasteiger charge is 2.46. The van der Waals surface area contributed by atoms with Crippen LogP contribution in [0, 0.1) is 0 Å². The minimum absolute atomic E-state index is 0.619. The molecule has 0 fully saturated rings. The average Bonchev–Trinajstić information content (AvgIpc) is 3.17. The molecule has 0 N–H and O–H groups in total. The summed E-state index contributed by atoms with van der Waals surface area (Å²) in [5.74, 6) is 2.21. The van der Waals surface area contributed by atoms with Gasteiger partial charge in [-0.3, -0.25) is 0 Å². The Balaban J connectivity index is 1.31. The van der Waals surface area contributed by atoms with E-state index in [-0.39, 0.29) is 0 Å². The van der Waals surface area contributed by atoms with Crippen LogP contribution in [0.1, 0.15) is 22.3 Å². The van der Waals surface area contributed by atoms with Crippen molar-refractivity contribution in [2.24, 2.45) is 0 Å². The molecule has 0 saturated carbocycles. The van der Waals surface area contributed by atoms with Crippen molar-refractivity contribution in [1.29, 1.82) is 0 Å². The summed E-state index contributed by atoms with van der Waals surface area (Å²) in [5, 5.41) is 1.01. The van der Waals surface area contributed by atoms with Crippen LogP contribution in [0.2, 0.25) is 0 Å². The van der Waals surface area contributed by atoms with E-state index in [1.807, 2.05) is 18.2 Å². The first-order valence-electron chi connectivity index (χ1n) is 16.3. The fourth-order valence-electron chi connectivity index (χ4n) is 7.30. The van der Waals surface area contributed by atoms with Crippen LogP contribution in [-0.4, -0.2) is 9.97 Å². The van der Waals surface area contributed by atoms with Gasteiger partial charge in [0.1, 0.15) is 11.5 Å². The Morgan fingerprint density at radius 1 is 0.438 bits per heavy atom. The summed E-state index contributed by atoms with van der Waals surface area (Å²) >= 11 is 0. The molecule has 0 spiro atoms. The maximum atomic E-state index is 6.92. The first kappa shape index (κ1) is 27.9. The van der Waals surface area contributed by atoms with Crippen molar-refractivity contribution in [3.05, 3.63) is 204 Å². The van der Waals surface area contributed by atoms with E-state index in [0.717, 1.165) is 55.9 Å². The fraction of sp³-hybridized carbons (Fsp3) is 0.0222. The Morgan fingerprint density at radius 3 is 1.79 bits per heavy atom. The second-order valence-electron chi connectivity index (χ2n) is 12.1. The number of ether oxygens (including phenoxy) is 1. The Morgan fingerprint density at radius 2 is 1.02 bits per heavy atom. The van der Waals surface area contributed by atoms with Gasteiger partial charge < -0.3 is 4.74 Å². The Labute approximate surface area is 279 Å². The number of rotatable bonds is 5. The van der Waals surface area contributed by atoms with Gasteiger partial charge >= 0.3 is 0 Å². The van der Waals surface area contributed by atoms with Crippen LogP contribution in [0.3, 0.4) is 0 Å². The molecule has 0 bridgehead atoms. The predicted octanol–water partition coefficient (Wildman–Crippen LogP) is 11.1. The molecule has 3 heteroatoms. The molecular formula is C45H30N2O. The van der Waals surface area contributed by atoms with Crippen molar-refractivity contribution in [1.82, 2.24) is 9.97 Å². The maximum absolute atomic E-state index is 6.92. The smallest absolute Gasteiger partial charge is 0.164 e. The number of hydrogen-bond donors (Lipinski definition) is 0. The largest absolute Gasteiger partial charge is 0.456 e. The normalized spacial score (nSPS) is 12.9. The van der Waals surface area contributed by atoms with E-state index in [4.69, 9.17) is 14.7 Å². The molecule has 0 atom stereocenters. The molecule has 2 heterocycles. The summed E-state index contributed by atoms with van der Waals surface area (Å²) in [7, 11) is 0. The molecule has 0 amide bonds. The van der Waals surface area contributed by atoms with Crippen LogP contribution >= 0.6 is 0 Å². The highest BCUT2D eigenvalue weighted by atomic mass is 16.5. The summed E-state index contributed by atoms with van der Waals surface area (Å²) < 4.78 is 6.92. The van der Waals surface area contributed by atoms with Gasteiger partial charge in [-0.05, 0) is 46.5 Å². The zero-order valence-corrected chi connectivity index (χ0v) is 26.1. The lowest BCUT2D eigenvalue weighted by atomic mass is 9.63. The van der Waals surface area contributed by atoms with Crippen LogP contribution < -0.4 is 4.74 Å². The summed E-state index contributed by atoms with van der Waals surface area (Å²) in [4.78, 5) is 10.5. The molecule has 9 rings (SSSR count). The Kier molecular flexibility index (Phi) is 6.69. The van der Waals surface area contributed by atoms with Gasteiger partial charge in [0.05, 0.1) is 22.2 Å². The SMILES string of the molecule is c1ccc(-c2cccc(-c3nc(-c4cccc5c4Oc4ccccc4C5(c4ccccc4)c4ccccc4)nc4ccccc34)c2)cc1. The molecule has 7 aromatic carbocycles. The molecule has 0 saturated heterocycles. The lowest BCUT2D eigenvalue weighted by molar-refractivity contribution is 0.436.